The average Bonchev–Trinajstić information content (AvgIpc) is 1.95. The predicted molar refractivity (Wildman–Crippen MR) is 338 cm³/mol. The molecule has 3 aromatic rings. The monoisotopic (exact) mass is 1260 g/mol. The van der Waals surface area contributed by atoms with Crippen LogP contribution >= 0.6 is 0 Å². The highest BCUT2D eigenvalue weighted by atomic mass is 16.4. The second-order valence-electron chi connectivity index (χ2n) is 22.7. The number of hydrogen-bond donors (Lipinski definition) is 15. The molecular weight excluding hydrogens is 1180 g/mol. The Hall–Kier alpha value is -9.46. The number of aliphatic imine (C=N–C) groups is 1. The van der Waals surface area contributed by atoms with Gasteiger partial charge in [0.05, 0.1) is 24.3 Å². The SMILES string of the molecule is CC[C@H](C)[C@H](NC(=O)[C@H](C)NC(=O)[C@H](CC(C)C)NC(=O)[C@H](CC(=O)O)NC(=O)[C@H](Cc1ccccc1)NC(=O)[C@@H]1CCCN1C(=O)c1ccccc1C#Cc1ccccc1NC(=O)[C@@H](N)CO)C(=O)N[C@@H](CCCN=C(N)N)C(=O)N[C@@H](CCCCN)C(=O)O. The number of hydrogen-bond acceptors (Lipinski definition) is 15. The van der Waals surface area contributed by atoms with Gasteiger partial charge in [-0.25, -0.2) is 4.79 Å². The molecule has 91 heavy (non-hydrogen) atoms. The summed E-state index contributed by atoms with van der Waals surface area (Å²) >= 11 is 0. The molecule has 0 radical (unpaired) electrons. The Morgan fingerprint density at radius 3 is 1.87 bits per heavy atom. The Balaban J connectivity index is 1.53. The highest BCUT2D eigenvalue weighted by Gasteiger charge is 2.39. The van der Waals surface area contributed by atoms with Crippen LogP contribution in [0.15, 0.2) is 83.9 Å². The van der Waals surface area contributed by atoms with Crippen LogP contribution in [0.3, 0.4) is 0 Å². The van der Waals surface area contributed by atoms with Gasteiger partial charge in [0.2, 0.25) is 47.3 Å². The molecule has 28 nitrogen and oxygen atoms in total. The van der Waals surface area contributed by atoms with Crippen LogP contribution in [0.4, 0.5) is 5.69 Å². The Labute approximate surface area is 529 Å². The third kappa shape index (κ3) is 24.1. The number of aliphatic carboxylic acids is 2. The van der Waals surface area contributed by atoms with Gasteiger partial charge in [0.15, 0.2) is 5.96 Å². The molecule has 10 atom stereocenters. The van der Waals surface area contributed by atoms with Crippen LogP contribution < -0.4 is 65.5 Å². The lowest BCUT2D eigenvalue weighted by molar-refractivity contribution is -0.142. The molecule has 0 aliphatic carbocycles. The minimum absolute atomic E-state index is 0.0328. The standard InChI is InChI=1S/C63H88N14O14/c1-6-37(4)52(60(88)71-45(25-16-30-68-63(66)67)55(83)72-46(62(90)91)24-14-15-29-64)76-53(81)38(5)69-56(84)47(32-36(2)3)73-58(86)49(34-51(79)80)74-57(85)48(33-39-18-8-7-9-19-39)75-59(87)50-26-17-31-77(50)61(89)42-22-12-10-20-40(42)27-28-41-21-11-13-23-44(41)70-54(82)43(65)35-78/h7-13,18-23,36-38,43,45-50,52,78H,6,14-17,24-26,29-35,64-65H2,1-5H3,(H,69,84)(H,70,82)(H,71,88)(H,72,83)(H,73,86)(H,74,85)(H,75,87)(H,76,81)(H,79,80)(H,90,91)(H4,66,67,68)/t37-,38-,43-,45-,46-,47-,48-,49-,50-,52-/m0/s1. The zero-order valence-electron chi connectivity index (χ0n) is 52.0. The summed E-state index contributed by atoms with van der Waals surface area (Å²) in [4.78, 5) is 155. The van der Waals surface area contributed by atoms with Crippen LogP contribution in [0, 0.1) is 23.7 Å². The number of carbonyl (C=O) groups is 11. The van der Waals surface area contributed by atoms with E-state index in [1.165, 1.54) is 11.8 Å². The van der Waals surface area contributed by atoms with Gasteiger partial charge in [-0.15, -0.1) is 0 Å². The number of para-hydroxylation sites is 1. The van der Waals surface area contributed by atoms with Crippen LogP contribution in [-0.4, -0.2) is 172 Å². The van der Waals surface area contributed by atoms with Gasteiger partial charge in [-0.3, -0.25) is 52.9 Å². The van der Waals surface area contributed by atoms with Crippen LogP contribution in [0.1, 0.15) is 126 Å². The van der Waals surface area contributed by atoms with Gasteiger partial charge >= 0.3 is 11.9 Å². The van der Waals surface area contributed by atoms with Crippen molar-refractivity contribution < 1.29 is 68.1 Å². The van der Waals surface area contributed by atoms with E-state index in [0.717, 1.165) is 0 Å². The number of carbonyl (C=O) groups excluding carboxylic acids is 9. The first-order valence-corrected chi connectivity index (χ1v) is 30.3. The number of nitrogens with zero attached hydrogens (tertiary/aromatic N) is 2. The first-order chi connectivity index (χ1) is 43.3. The molecule has 0 bridgehead atoms. The second-order valence-corrected chi connectivity index (χ2v) is 22.7. The van der Waals surface area contributed by atoms with Crippen molar-refractivity contribution in [3.8, 4) is 11.8 Å². The van der Waals surface area contributed by atoms with Gasteiger partial charge in [0.1, 0.15) is 54.4 Å². The van der Waals surface area contributed by atoms with Crippen molar-refractivity contribution in [2.45, 2.75) is 160 Å². The number of nitrogens with one attached hydrogen (secondary N) is 8. The molecule has 9 amide bonds. The van der Waals surface area contributed by atoms with Gasteiger partial charge < -0.3 is 85.7 Å². The van der Waals surface area contributed by atoms with E-state index in [0.29, 0.717) is 54.6 Å². The maximum atomic E-state index is 14.5. The summed E-state index contributed by atoms with van der Waals surface area (Å²) in [5, 5.41) is 49.9. The normalized spacial score (nSPS) is 15.6. The van der Waals surface area contributed by atoms with Crippen molar-refractivity contribution in [1.82, 2.24) is 42.1 Å². The van der Waals surface area contributed by atoms with E-state index in [1.807, 2.05) is 0 Å². The molecular formula is C63H88N14O14. The number of anilines is 1. The number of likely N-dealkylation sites (tertiary alicyclic amines) is 1. The van der Waals surface area contributed by atoms with Crippen molar-refractivity contribution in [1.29, 1.82) is 0 Å². The topological polar surface area (TPSA) is 464 Å². The summed E-state index contributed by atoms with van der Waals surface area (Å²) in [6.07, 6.45) is 0.916. The first-order valence-electron chi connectivity index (χ1n) is 30.3. The number of unbranched alkanes of at least 4 members (excludes halogenated alkanes) is 1. The molecule has 4 rings (SSSR count). The molecule has 19 N–H and O–H groups in total. The molecule has 1 aliphatic rings. The predicted octanol–water partition coefficient (Wildman–Crippen LogP) is -0.561. The van der Waals surface area contributed by atoms with Crippen LogP contribution in [-0.2, 0) is 54.4 Å². The Bertz CT molecular complexity index is 3110. The Morgan fingerprint density at radius 2 is 1.23 bits per heavy atom. The number of guanidine groups is 1. The number of benzene rings is 3. The number of carboxylic acids is 2. The molecule has 0 unspecified atom stereocenters. The van der Waals surface area contributed by atoms with Crippen molar-refractivity contribution in [3.05, 3.63) is 101 Å². The van der Waals surface area contributed by atoms with E-state index in [1.54, 1.807) is 107 Å². The van der Waals surface area contributed by atoms with Crippen molar-refractivity contribution in [2.24, 2.45) is 39.8 Å². The number of rotatable bonds is 35. The molecule has 1 saturated heterocycles. The van der Waals surface area contributed by atoms with Crippen molar-refractivity contribution in [3.63, 3.8) is 0 Å². The third-order valence-electron chi connectivity index (χ3n) is 15.0. The van der Waals surface area contributed by atoms with E-state index >= 15 is 0 Å². The van der Waals surface area contributed by atoms with Gasteiger partial charge in [0.25, 0.3) is 5.91 Å². The molecule has 1 fully saturated rings. The lowest BCUT2D eigenvalue weighted by Crippen LogP contribution is -2.61. The maximum Gasteiger partial charge on any atom is 0.326 e. The summed E-state index contributed by atoms with van der Waals surface area (Å²) in [5.41, 5.74) is 23.9. The highest BCUT2D eigenvalue weighted by Crippen LogP contribution is 2.24. The molecule has 0 saturated carbocycles. The van der Waals surface area contributed by atoms with E-state index in [-0.39, 0.29) is 69.1 Å². The summed E-state index contributed by atoms with van der Waals surface area (Å²) in [6.45, 7) is 8.17. The van der Waals surface area contributed by atoms with Crippen LogP contribution in [0.25, 0.3) is 0 Å². The zero-order chi connectivity index (χ0) is 67.3. The molecule has 3 aromatic carbocycles. The van der Waals surface area contributed by atoms with Gasteiger partial charge in [-0.1, -0.05) is 101 Å². The van der Waals surface area contributed by atoms with E-state index < -0.39 is 138 Å². The Morgan fingerprint density at radius 1 is 0.648 bits per heavy atom. The summed E-state index contributed by atoms with van der Waals surface area (Å²) < 4.78 is 0. The zero-order valence-corrected chi connectivity index (χ0v) is 52.0. The van der Waals surface area contributed by atoms with Crippen LogP contribution in [0.5, 0.6) is 0 Å². The molecule has 494 valence electrons. The lowest BCUT2D eigenvalue weighted by atomic mass is 9.97. The number of nitrogens with two attached hydrogens (primary N) is 4. The maximum absolute atomic E-state index is 14.5. The first kappa shape index (κ1) is 74.0. The fourth-order valence-corrected chi connectivity index (χ4v) is 9.73. The fraction of sp³-hybridized carbons (Fsp3) is 0.492. The quantitative estimate of drug-likeness (QED) is 0.0152. The number of aliphatic hydroxyl groups excluding tert-OH is 1. The van der Waals surface area contributed by atoms with Gasteiger partial charge in [-0.2, -0.15) is 0 Å². The number of aliphatic hydroxyl groups is 1. The van der Waals surface area contributed by atoms with Gasteiger partial charge in [0, 0.05) is 30.6 Å². The summed E-state index contributed by atoms with van der Waals surface area (Å²) in [5.74, 6) is -5.19. The molecule has 0 spiro atoms. The lowest BCUT2D eigenvalue weighted by Gasteiger charge is -2.29. The summed E-state index contributed by atoms with van der Waals surface area (Å²) in [7, 11) is 0. The van der Waals surface area contributed by atoms with E-state index in [2.05, 4.69) is 59.4 Å². The Kier molecular flexibility index (Phi) is 30.5. The van der Waals surface area contributed by atoms with E-state index in [4.69, 9.17) is 22.9 Å². The summed E-state index contributed by atoms with van der Waals surface area (Å²) in [6, 6.07) is 9.35. The smallest absolute Gasteiger partial charge is 0.326 e. The third-order valence-corrected chi connectivity index (χ3v) is 15.0. The number of amides is 9. The van der Waals surface area contributed by atoms with Crippen molar-refractivity contribution >= 4 is 76.8 Å². The minimum atomic E-state index is -1.83. The van der Waals surface area contributed by atoms with Gasteiger partial charge in [-0.05, 0) is 106 Å². The molecule has 28 heteroatoms. The molecule has 1 aliphatic heterocycles. The molecule has 1 heterocycles. The largest absolute Gasteiger partial charge is 0.481 e. The molecule has 0 aromatic heterocycles. The van der Waals surface area contributed by atoms with Crippen molar-refractivity contribution in [2.75, 3.05) is 31.6 Å². The minimum Gasteiger partial charge on any atom is -0.481 e. The second kappa shape index (κ2) is 37.5. The average molecular weight is 1270 g/mol. The fourth-order valence-electron chi connectivity index (χ4n) is 9.73. The number of carboxylic acid groups (broad SMARTS) is 2. The van der Waals surface area contributed by atoms with Crippen LogP contribution in [0.2, 0.25) is 0 Å². The van der Waals surface area contributed by atoms with E-state index in [9.17, 15) is 68.1 Å². The highest BCUT2D eigenvalue weighted by molar-refractivity contribution is 6.02.